The lowest BCUT2D eigenvalue weighted by atomic mass is 9.90. The number of rotatable bonds is 3. The van der Waals surface area contributed by atoms with E-state index in [2.05, 4.69) is 30.7 Å². The summed E-state index contributed by atoms with van der Waals surface area (Å²) in [6.07, 6.45) is 11.2. The van der Waals surface area contributed by atoms with E-state index in [-0.39, 0.29) is 11.0 Å². The molecule has 1 saturated carbocycles. The number of nitrogens with zero attached hydrogens (tertiary/aromatic N) is 3. The molecule has 134 valence electrons. The Morgan fingerprint density at radius 1 is 1.08 bits per heavy atom. The Bertz CT molecular complexity index is 588. The molecule has 0 N–H and O–H groups in total. The van der Waals surface area contributed by atoms with Crippen LogP contribution in [0.1, 0.15) is 71.4 Å². The van der Waals surface area contributed by atoms with Crippen LogP contribution in [-0.2, 0) is 12.0 Å². The molecule has 0 amide bonds. The van der Waals surface area contributed by atoms with Crippen molar-refractivity contribution in [1.29, 1.82) is 0 Å². The van der Waals surface area contributed by atoms with Crippen LogP contribution in [0.15, 0.2) is 17.2 Å². The second-order valence-corrected chi connectivity index (χ2v) is 8.79. The number of likely N-dealkylation sites (tertiary alicyclic amines) is 1. The van der Waals surface area contributed by atoms with Gasteiger partial charge >= 0.3 is 0 Å². The van der Waals surface area contributed by atoms with E-state index in [1.807, 2.05) is 4.57 Å². The molecule has 2 fully saturated rings. The van der Waals surface area contributed by atoms with Gasteiger partial charge in [-0.3, -0.25) is 9.36 Å². The zero-order chi connectivity index (χ0) is 17.2. The van der Waals surface area contributed by atoms with Gasteiger partial charge in [-0.05, 0) is 44.7 Å². The fourth-order valence-corrected chi connectivity index (χ4v) is 4.20. The summed E-state index contributed by atoms with van der Waals surface area (Å²) in [6.45, 7) is 9.53. The van der Waals surface area contributed by atoms with Gasteiger partial charge in [-0.15, -0.1) is 0 Å². The summed E-state index contributed by atoms with van der Waals surface area (Å²) >= 11 is 0. The smallest absolute Gasteiger partial charge is 0.253 e. The van der Waals surface area contributed by atoms with E-state index in [1.54, 1.807) is 12.4 Å². The highest BCUT2D eigenvalue weighted by Crippen LogP contribution is 2.27. The minimum absolute atomic E-state index is 0.0659. The van der Waals surface area contributed by atoms with Crippen molar-refractivity contribution in [3.63, 3.8) is 0 Å². The van der Waals surface area contributed by atoms with Crippen LogP contribution in [0, 0.1) is 5.92 Å². The molecule has 1 saturated heterocycles. The molecule has 24 heavy (non-hydrogen) atoms. The number of hydrogen-bond donors (Lipinski definition) is 0. The predicted octanol–water partition coefficient (Wildman–Crippen LogP) is 3.59. The highest BCUT2D eigenvalue weighted by atomic mass is 16.1. The summed E-state index contributed by atoms with van der Waals surface area (Å²) in [5.41, 5.74) is 0.921. The first kappa shape index (κ1) is 17.7. The molecule has 4 nitrogen and oxygen atoms in total. The summed E-state index contributed by atoms with van der Waals surface area (Å²) < 4.78 is 1.82. The lowest BCUT2D eigenvalue weighted by Gasteiger charge is -2.39. The van der Waals surface area contributed by atoms with Crippen LogP contribution in [0.4, 0.5) is 0 Å². The lowest BCUT2D eigenvalue weighted by Crippen LogP contribution is -2.43. The van der Waals surface area contributed by atoms with Gasteiger partial charge in [0.05, 0.1) is 12.0 Å². The summed E-state index contributed by atoms with van der Waals surface area (Å²) in [5.74, 6) is 0.616. The van der Waals surface area contributed by atoms with E-state index in [9.17, 15) is 4.79 Å². The van der Waals surface area contributed by atoms with Crippen molar-refractivity contribution in [3.05, 3.63) is 28.4 Å². The third kappa shape index (κ3) is 4.27. The number of aromatic nitrogens is 2. The van der Waals surface area contributed by atoms with Crippen LogP contribution in [0.25, 0.3) is 0 Å². The average molecular weight is 332 g/mol. The van der Waals surface area contributed by atoms with Crippen LogP contribution in [0.2, 0.25) is 0 Å². The highest BCUT2D eigenvalue weighted by molar-refractivity contribution is 5.10. The van der Waals surface area contributed by atoms with Gasteiger partial charge in [-0.25, -0.2) is 4.98 Å². The minimum atomic E-state index is -0.0659. The summed E-state index contributed by atoms with van der Waals surface area (Å²) in [4.78, 5) is 19.6. The summed E-state index contributed by atoms with van der Waals surface area (Å²) in [6, 6.07) is 2.55. The van der Waals surface area contributed by atoms with Gasteiger partial charge in [-0.1, -0.05) is 40.0 Å². The van der Waals surface area contributed by atoms with Crippen LogP contribution in [-0.4, -0.2) is 33.6 Å². The Morgan fingerprint density at radius 3 is 2.33 bits per heavy atom. The number of piperidine rings is 1. The van der Waals surface area contributed by atoms with E-state index in [1.165, 1.54) is 58.0 Å². The highest BCUT2D eigenvalue weighted by Gasteiger charge is 2.26. The van der Waals surface area contributed by atoms with Crippen molar-refractivity contribution in [2.75, 3.05) is 13.1 Å². The normalized spacial score (nSPS) is 22.0. The molecule has 1 aliphatic carbocycles. The maximum absolute atomic E-state index is 12.4. The first-order valence-corrected chi connectivity index (χ1v) is 9.74. The van der Waals surface area contributed by atoms with Gasteiger partial charge in [0.15, 0.2) is 0 Å². The van der Waals surface area contributed by atoms with E-state index in [0.717, 1.165) is 18.3 Å². The van der Waals surface area contributed by atoms with Crippen molar-refractivity contribution in [1.82, 2.24) is 14.5 Å². The first-order chi connectivity index (χ1) is 11.4. The second kappa shape index (κ2) is 7.38. The molecule has 0 unspecified atom stereocenters. The third-order valence-electron chi connectivity index (χ3n) is 5.84. The quantitative estimate of drug-likeness (QED) is 0.849. The van der Waals surface area contributed by atoms with Crippen molar-refractivity contribution >= 4 is 0 Å². The minimum Gasteiger partial charge on any atom is -0.300 e. The molecule has 2 aliphatic rings. The van der Waals surface area contributed by atoms with Crippen molar-refractivity contribution in [3.8, 4) is 0 Å². The molecule has 1 aromatic heterocycles. The summed E-state index contributed by atoms with van der Waals surface area (Å²) in [5, 5.41) is 0. The molecular weight excluding hydrogens is 298 g/mol. The van der Waals surface area contributed by atoms with E-state index in [4.69, 9.17) is 0 Å². The topological polar surface area (TPSA) is 38.1 Å². The molecule has 0 spiro atoms. The number of hydrogen-bond acceptors (Lipinski definition) is 3. The zero-order valence-corrected chi connectivity index (χ0v) is 15.6. The predicted molar refractivity (Wildman–Crippen MR) is 98.4 cm³/mol. The standard InChI is InChI=1S/C20H33N3O/c1-20(2,3)18-13-19(24)23(15-21-18)14-16-9-11-22(12-10-16)17-7-5-4-6-8-17/h13,15-17H,4-12,14H2,1-3H3. The average Bonchev–Trinajstić information content (AvgIpc) is 2.57. The Kier molecular flexibility index (Phi) is 5.43. The first-order valence-electron chi connectivity index (χ1n) is 9.74. The van der Waals surface area contributed by atoms with E-state index >= 15 is 0 Å². The van der Waals surface area contributed by atoms with Gasteiger partial charge in [0, 0.05) is 24.1 Å². The largest absolute Gasteiger partial charge is 0.300 e. The molecule has 0 atom stereocenters. The van der Waals surface area contributed by atoms with E-state index in [0.29, 0.717) is 5.92 Å². The fourth-order valence-electron chi connectivity index (χ4n) is 4.20. The molecule has 1 aliphatic heterocycles. The fraction of sp³-hybridized carbons (Fsp3) is 0.800. The Balaban J connectivity index is 1.55. The molecule has 0 bridgehead atoms. The third-order valence-corrected chi connectivity index (χ3v) is 5.84. The Hall–Kier alpha value is -1.16. The van der Waals surface area contributed by atoms with Crippen LogP contribution in [0.5, 0.6) is 0 Å². The van der Waals surface area contributed by atoms with Crippen LogP contribution >= 0.6 is 0 Å². The lowest BCUT2D eigenvalue weighted by molar-refractivity contribution is 0.101. The maximum atomic E-state index is 12.4. The molecule has 3 rings (SSSR count). The van der Waals surface area contributed by atoms with E-state index < -0.39 is 0 Å². The molecule has 0 aromatic carbocycles. The molecule has 0 radical (unpaired) electrons. The van der Waals surface area contributed by atoms with Gasteiger partial charge in [0.25, 0.3) is 5.56 Å². The van der Waals surface area contributed by atoms with Crippen LogP contribution < -0.4 is 5.56 Å². The van der Waals surface area contributed by atoms with Crippen LogP contribution in [0.3, 0.4) is 0 Å². The van der Waals surface area contributed by atoms with Crippen molar-refractivity contribution < 1.29 is 0 Å². The Labute approximate surface area is 146 Å². The maximum Gasteiger partial charge on any atom is 0.253 e. The van der Waals surface area contributed by atoms with Gasteiger partial charge in [-0.2, -0.15) is 0 Å². The second-order valence-electron chi connectivity index (χ2n) is 8.79. The SMILES string of the molecule is CC(C)(C)c1cc(=O)n(CC2CCN(C3CCCCC3)CC2)cn1. The van der Waals surface area contributed by atoms with Crippen molar-refractivity contribution in [2.24, 2.45) is 5.92 Å². The molecule has 2 heterocycles. The Morgan fingerprint density at radius 2 is 1.75 bits per heavy atom. The molecule has 1 aromatic rings. The van der Waals surface area contributed by atoms with Crippen molar-refractivity contribution in [2.45, 2.75) is 83.7 Å². The zero-order valence-electron chi connectivity index (χ0n) is 15.6. The van der Waals surface area contributed by atoms with Gasteiger partial charge in [0.1, 0.15) is 0 Å². The van der Waals surface area contributed by atoms with Gasteiger partial charge in [0.2, 0.25) is 0 Å². The monoisotopic (exact) mass is 331 g/mol. The molecule has 4 heteroatoms. The summed E-state index contributed by atoms with van der Waals surface area (Å²) in [7, 11) is 0. The van der Waals surface area contributed by atoms with Gasteiger partial charge < -0.3 is 4.90 Å². The molecular formula is C20H33N3O.